The Morgan fingerprint density at radius 2 is 1.61 bits per heavy atom. The minimum Gasteiger partial charge on any atom is -0.326 e. The largest absolute Gasteiger partial charge is 0.326 e. The van der Waals surface area contributed by atoms with Crippen LogP contribution in [0.25, 0.3) is 0 Å². The number of nitrogens with one attached hydrogen (secondary N) is 2. The zero-order valence-corrected chi connectivity index (χ0v) is 17.1. The van der Waals surface area contributed by atoms with Crippen LogP contribution < -0.4 is 10.6 Å². The topological polar surface area (TPSA) is 132 Å². The Labute approximate surface area is 180 Å². The second-order valence-electron chi connectivity index (χ2n) is 6.33. The van der Waals surface area contributed by atoms with E-state index in [1.165, 1.54) is 48.5 Å². The fourth-order valence-corrected chi connectivity index (χ4v) is 3.23. The summed E-state index contributed by atoms with van der Waals surface area (Å²) in [4.78, 5) is 34.4. The van der Waals surface area contributed by atoms with Crippen LogP contribution in [0, 0.1) is 15.9 Å². The van der Waals surface area contributed by atoms with Crippen LogP contribution in [-0.2, 0) is 23.1 Å². The molecule has 0 radical (unpaired) electrons. The lowest BCUT2D eigenvalue weighted by atomic mass is 10.3. The minimum absolute atomic E-state index is 0.0325. The zero-order valence-electron chi connectivity index (χ0n) is 16.2. The molecule has 0 spiro atoms. The molecule has 0 aliphatic heterocycles. The monoisotopic (exact) mass is 444 g/mol. The van der Waals surface area contributed by atoms with Crippen LogP contribution in [0.15, 0.2) is 53.7 Å². The van der Waals surface area contributed by atoms with Crippen molar-refractivity contribution >= 4 is 40.6 Å². The molecule has 3 rings (SSSR count). The lowest BCUT2D eigenvalue weighted by Gasteiger charge is -2.06. The van der Waals surface area contributed by atoms with Crippen LogP contribution in [0.1, 0.15) is 5.82 Å². The molecule has 0 aliphatic rings. The standard InChI is InChI=1S/C19H17FN6O4S/c1-25-16(10-17(27)21-13-4-2-12(20)3-5-13)23-24-19(25)31-11-18(28)22-14-6-8-15(9-7-14)26(29)30/h2-9H,10-11H2,1H3,(H,21,27)(H,22,28). The van der Waals surface area contributed by atoms with Crippen LogP contribution in [0.5, 0.6) is 0 Å². The molecule has 0 atom stereocenters. The minimum atomic E-state index is -0.521. The predicted molar refractivity (Wildman–Crippen MR) is 112 cm³/mol. The summed E-state index contributed by atoms with van der Waals surface area (Å²) in [5.41, 5.74) is 0.834. The third-order valence-electron chi connectivity index (χ3n) is 4.07. The van der Waals surface area contributed by atoms with E-state index in [0.717, 1.165) is 11.8 Å². The van der Waals surface area contributed by atoms with Gasteiger partial charge < -0.3 is 15.2 Å². The number of nitro benzene ring substituents is 1. The molecule has 0 bridgehead atoms. The van der Waals surface area contributed by atoms with Crippen LogP contribution in [-0.4, -0.2) is 37.3 Å². The highest BCUT2D eigenvalue weighted by Crippen LogP contribution is 2.19. The quantitative estimate of drug-likeness (QED) is 0.310. The first-order chi connectivity index (χ1) is 14.8. The number of aromatic nitrogens is 3. The van der Waals surface area contributed by atoms with Crippen LogP contribution >= 0.6 is 11.8 Å². The normalized spacial score (nSPS) is 10.5. The molecule has 0 aliphatic carbocycles. The summed E-state index contributed by atoms with van der Waals surface area (Å²) in [5, 5.41) is 24.4. The Kier molecular flexibility index (Phi) is 6.92. The first-order valence-electron chi connectivity index (χ1n) is 8.92. The van der Waals surface area contributed by atoms with Gasteiger partial charge in [0, 0.05) is 30.6 Å². The van der Waals surface area contributed by atoms with Gasteiger partial charge in [-0.05, 0) is 36.4 Å². The molecule has 0 saturated heterocycles. The van der Waals surface area contributed by atoms with Crippen molar-refractivity contribution in [3.8, 4) is 0 Å². The molecule has 160 valence electrons. The highest BCUT2D eigenvalue weighted by molar-refractivity contribution is 7.99. The molecule has 2 aromatic carbocycles. The first-order valence-corrected chi connectivity index (χ1v) is 9.91. The number of nitrogens with zero attached hydrogens (tertiary/aromatic N) is 4. The fourth-order valence-electron chi connectivity index (χ4n) is 2.50. The second-order valence-corrected chi connectivity index (χ2v) is 7.27. The fraction of sp³-hybridized carbons (Fsp3) is 0.158. The van der Waals surface area contributed by atoms with E-state index in [1.54, 1.807) is 11.6 Å². The summed E-state index contributed by atoms with van der Waals surface area (Å²) in [6.45, 7) is 0. The van der Waals surface area contributed by atoms with Gasteiger partial charge in [-0.25, -0.2) is 4.39 Å². The number of hydrogen-bond donors (Lipinski definition) is 2. The molecule has 31 heavy (non-hydrogen) atoms. The number of non-ortho nitro benzene ring substituents is 1. The Balaban J connectivity index is 1.51. The van der Waals surface area contributed by atoms with E-state index >= 15 is 0 Å². The summed E-state index contributed by atoms with van der Waals surface area (Å²) >= 11 is 1.13. The van der Waals surface area contributed by atoms with E-state index in [0.29, 0.717) is 22.4 Å². The van der Waals surface area contributed by atoms with Crippen molar-refractivity contribution < 1.29 is 18.9 Å². The summed E-state index contributed by atoms with van der Waals surface area (Å²) < 4.78 is 14.5. The number of rotatable bonds is 8. The van der Waals surface area contributed by atoms with Gasteiger partial charge in [-0.1, -0.05) is 11.8 Å². The maximum absolute atomic E-state index is 12.9. The average molecular weight is 444 g/mol. The number of thioether (sulfide) groups is 1. The number of anilines is 2. The lowest BCUT2D eigenvalue weighted by molar-refractivity contribution is -0.384. The van der Waals surface area contributed by atoms with Crippen molar-refractivity contribution in [1.29, 1.82) is 0 Å². The van der Waals surface area contributed by atoms with E-state index in [4.69, 9.17) is 0 Å². The zero-order chi connectivity index (χ0) is 22.4. The van der Waals surface area contributed by atoms with Crippen molar-refractivity contribution in [2.75, 3.05) is 16.4 Å². The third kappa shape index (κ3) is 6.09. The van der Waals surface area contributed by atoms with E-state index in [2.05, 4.69) is 20.8 Å². The van der Waals surface area contributed by atoms with Gasteiger partial charge in [-0.3, -0.25) is 19.7 Å². The number of amides is 2. The van der Waals surface area contributed by atoms with Gasteiger partial charge >= 0.3 is 0 Å². The summed E-state index contributed by atoms with van der Waals surface area (Å²) in [7, 11) is 1.68. The van der Waals surface area contributed by atoms with Crippen LogP contribution in [0.3, 0.4) is 0 Å². The van der Waals surface area contributed by atoms with Gasteiger partial charge in [0.1, 0.15) is 11.6 Å². The smallest absolute Gasteiger partial charge is 0.269 e. The second kappa shape index (κ2) is 9.80. The summed E-state index contributed by atoms with van der Waals surface area (Å²) in [6, 6.07) is 10.9. The molecule has 0 unspecified atom stereocenters. The molecule has 12 heteroatoms. The van der Waals surface area contributed by atoms with Crippen molar-refractivity contribution in [2.45, 2.75) is 11.6 Å². The van der Waals surface area contributed by atoms with Crippen LogP contribution in [0.2, 0.25) is 0 Å². The molecule has 3 aromatic rings. The van der Waals surface area contributed by atoms with Crippen molar-refractivity contribution in [3.05, 3.63) is 70.3 Å². The Bertz CT molecular complexity index is 1100. The molecular formula is C19H17FN6O4S. The number of nitro groups is 1. The highest BCUT2D eigenvalue weighted by atomic mass is 32.2. The number of carbonyl (C=O) groups is 2. The van der Waals surface area contributed by atoms with E-state index in [1.807, 2.05) is 0 Å². The van der Waals surface area contributed by atoms with Gasteiger partial charge in [0.2, 0.25) is 11.8 Å². The van der Waals surface area contributed by atoms with E-state index < -0.39 is 10.7 Å². The van der Waals surface area contributed by atoms with Crippen molar-refractivity contribution in [2.24, 2.45) is 7.05 Å². The Morgan fingerprint density at radius 3 is 2.23 bits per heavy atom. The van der Waals surface area contributed by atoms with Crippen molar-refractivity contribution in [3.63, 3.8) is 0 Å². The number of halogens is 1. The number of benzene rings is 2. The van der Waals surface area contributed by atoms with E-state index in [9.17, 15) is 24.1 Å². The molecule has 2 N–H and O–H groups in total. The molecule has 1 aromatic heterocycles. The third-order valence-corrected chi connectivity index (χ3v) is 5.09. The molecule has 2 amide bonds. The van der Waals surface area contributed by atoms with Gasteiger partial charge in [0.15, 0.2) is 5.16 Å². The number of hydrogen-bond acceptors (Lipinski definition) is 7. The van der Waals surface area contributed by atoms with Gasteiger partial charge in [0.05, 0.1) is 17.1 Å². The maximum atomic E-state index is 12.9. The van der Waals surface area contributed by atoms with Crippen molar-refractivity contribution in [1.82, 2.24) is 14.8 Å². The van der Waals surface area contributed by atoms with E-state index in [-0.39, 0.29) is 29.7 Å². The van der Waals surface area contributed by atoms with Gasteiger partial charge in [-0.15, -0.1) is 10.2 Å². The Hall–Kier alpha value is -3.80. The molecule has 10 nitrogen and oxygen atoms in total. The first kappa shape index (κ1) is 21.9. The molecular weight excluding hydrogens is 427 g/mol. The lowest BCUT2D eigenvalue weighted by Crippen LogP contribution is -2.17. The number of carbonyl (C=O) groups excluding carboxylic acids is 2. The average Bonchev–Trinajstić information content (AvgIpc) is 3.08. The maximum Gasteiger partial charge on any atom is 0.269 e. The molecule has 0 saturated carbocycles. The summed E-state index contributed by atoms with van der Waals surface area (Å²) in [6.07, 6.45) is -0.0452. The Morgan fingerprint density at radius 1 is 1.03 bits per heavy atom. The van der Waals surface area contributed by atoms with Gasteiger partial charge in [0.25, 0.3) is 5.69 Å². The molecule has 0 fully saturated rings. The SMILES string of the molecule is Cn1c(CC(=O)Nc2ccc(F)cc2)nnc1SCC(=O)Nc1ccc([N+](=O)[O-])cc1. The highest BCUT2D eigenvalue weighted by Gasteiger charge is 2.15. The predicted octanol–water partition coefficient (Wildman–Crippen LogP) is 2.77. The van der Waals surface area contributed by atoms with Crippen LogP contribution in [0.4, 0.5) is 21.5 Å². The summed E-state index contributed by atoms with van der Waals surface area (Å²) in [5.74, 6) is -0.624. The van der Waals surface area contributed by atoms with Gasteiger partial charge in [-0.2, -0.15) is 0 Å². The molecule has 1 heterocycles.